The molecule has 0 unspecified atom stereocenters. The van der Waals surface area contributed by atoms with Crippen molar-refractivity contribution in [3.05, 3.63) is 29.8 Å². The Kier molecular flexibility index (Phi) is 7.08. The highest BCUT2D eigenvalue weighted by molar-refractivity contribution is 7.53. The summed E-state index contributed by atoms with van der Waals surface area (Å²) >= 11 is 0. The van der Waals surface area contributed by atoms with Gasteiger partial charge in [-0.1, -0.05) is 32.9 Å². The highest BCUT2D eigenvalue weighted by Crippen LogP contribution is 2.51. The Bertz CT molecular complexity index is 542. The van der Waals surface area contributed by atoms with E-state index in [4.69, 9.17) is 13.5 Å². The lowest BCUT2D eigenvalue weighted by Gasteiger charge is -2.36. The van der Waals surface area contributed by atoms with Crippen molar-refractivity contribution in [3.63, 3.8) is 0 Å². The van der Waals surface area contributed by atoms with Crippen LogP contribution in [-0.2, 0) is 19.8 Å². The van der Waals surface area contributed by atoms with Gasteiger partial charge >= 0.3 is 7.60 Å². The van der Waals surface area contributed by atoms with Crippen LogP contribution in [0.15, 0.2) is 24.3 Å². The molecule has 0 fully saturated rings. The van der Waals surface area contributed by atoms with Crippen LogP contribution < -0.4 is 4.43 Å². The number of hydrogen-bond donors (Lipinski definition) is 0. The van der Waals surface area contributed by atoms with E-state index in [0.717, 1.165) is 11.3 Å². The highest BCUT2D eigenvalue weighted by Gasteiger charge is 2.39. The molecule has 1 aromatic carbocycles. The summed E-state index contributed by atoms with van der Waals surface area (Å²) in [5, 5.41) is 0.134. The second kappa shape index (κ2) is 7.97. The minimum atomic E-state index is -3.09. The Morgan fingerprint density at radius 2 is 1.65 bits per heavy atom. The monoisotopic (exact) mass is 358 g/mol. The molecular formula is C17H31O4PSi. The Labute approximate surface area is 142 Å². The summed E-state index contributed by atoms with van der Waals surface area (Å²) in [4.78, 5) is 0. The van der Waals surface area contributed by atoms with Gasteiger partial charge in [0, 0.05) is 0 Å². The zero-order valence-corrected chi connectivity index (χ0v) is 17.4. The van der Waals surface area contributed by atoms with E-state index < -0.39 is 15.9 Å². The van der Waals surface area contributed by atoms with Crippen molar-refractivity contribution in [1.82, 2.24) is 0 Å². The maximum atomic E-state index is 12.7. The minimum absolute atomic E-state index is 0.134. The normalized spacial score (nSPS) is 13.2. The van der Waals surface area contributed by atoms with Crippen LogP contribution in [0, 0.1) is 0 Å². The molecule has 0 saturated carbocycles. The van der Waals surface area contributed by atoms with Gasteiger partial charge in [-0.2, -0.15) is 0 Å². The molecule has 0 aliphatic rings. The topological polar surface area (TPSA) is 44.8 Å². The molecule has 1 aromatic rings. The Morgan fingerprint density at radius 3 is 2.13 bits per heavy atom. The largest absolute Gasteiger partial charge is 0.543 e. The van der Waals surface area contributed by atoms with Gasteiger partial charge in [-0.05, 0) is 49.7 Å². The van der Waals surface area contributed by atoms with Gasteiger partial charge in [-0.3, -0.25) is 4.57 Å². The molecule has 0 amide bonds. The van der Waals surface area contributed by atoms with Crippen molar-refractivity contribution >= 4 is 15.9 Å². The molecule has 6 heteroatoms. The number of benzene rings is 1. The lowest BCUT2D eigenvalue weighted by molar-refractivity contribution is 0.219. The van der Waals surface area contributed by atoms with Gasteiger partial charge < -0.3 is 13.5 Å². The summed E-state index contributed by atoms with van der Waals surface area (Å²) in [7, 11) is -4.98. The van der Waals surface area contributed by atoms with Crippen molar-refractivity contribution in [1.29, 1.82) is 0 Å². The zero-order valence-electron chi connectivity index (χ0n) is 15.5. The van der Waals surface area contributed by atoms with Gasteiger partial charge in [0.15, 0.2) is 0 Å². The number of hydrogen-bond acceptors (Lipinski definition) is 4. The molecule has 132 valence electrons. The molecule has 0 atom stereocenters. The van der Waals surface area contributed by atoms with Crippen molar-refractivity contribution in [3.8, 4) is 5.75 Å². The fourth-order valence-electron chi connectivity index (χ4n) is 1.90. The molecule has 0 spiro atoms. The van der Waals surface area contributed by atoms with Crippen LogP contribution in [-0.4, -0.2) is 21.5 Å². The molecule has 0 saturated heterocycles. The Morgan fingerprint density at radius 1 is 1.09 bits per heavy atom. The van der Waals surface area contributed by atoms with Crippen LogP contribution in [0.2, 0.25) is 18.1 Å². The van der Waals surface area contributed by atoms with E-state index in [0.29, 0.717) is 13.2 Å². The van der Waals surface area contributed by atoms with Crippen molar-refractivity contribution in [2.45, 2.75) is 58.9 Å². The maximum Gasteiger partial charge on any atom is 0.335 e. The van der Waals surface area contributed by atoms with E-state index >= 15 is 0 Å². The van der Waals surface area contributed by atoms with Gasteiger partial charge in [0.05, 0.1) is 19.4 Å². The van der Waals surface area contributed by atoms with Gasteiger partial charge in [0.2, 0.25) is 8.32 Å². The third-order valence-electron chi connectivity index (χ3n) is 4.11. The van der Waals surface area contributed by atoms with Gasteiger partial charge in [0.1, 0.15) is 5.75 Å². The van der Waals surface area contributed by atoms with E-state index in [2.05, 4.69) is 33.9 Å². The molecular weight excluding hydrogens is 327 g/mol. The molecule has 0 aliphatic heterocycles. The summed E-state index contributed by atoms with van der Waals surface area (Å²) in [6.07, 6.45) is 0.267. The van der Waals surface area contributed by atoms with E-state index in [-0.39, 0.29) is 11.2 Å². The molecule has 0 aliphatic carbocycles. The predicted molar refractivity (Wildman–Crippen MR) is 98.8 cm³/mol. The highest BCUT2D eigenvalue weighted by atomic mass is 31.2. The SMILES string of the molecule is CCOP(=O)(Cc1cccc(O[Si](C)(C)C(C)(C)C)c1)OCC. The maximum absolute atomic E-state index is 12.7. The first-order chi connectivity index (χ1) is 10.5. The molecule has 1 rings (SSSR count). The third kappa shape index (κ3) is 6.07. The van der Waals surface area contributed by atoms with Crippen molar-refractivity contribution in [2.24, 2.45) is 0 Å². The van der Waals surface area contributed by atoms with Crippen LogP contribution in [0.25, 0.3) is 0 Å². The molecule has 0 N–H and O–H groups in total. The minimum Gasteiger partial charge on any atom is -0.543 e. The van der Waals surface area contributed by atoms with Crippen molar-refractivity contribution in [2.75, 3.05) is 13.2 Å². The van der Waals surface area contributed by atoms with Crippen LogP contribution >= 0.6 is 7.60 Å². The average Bonchev–Trinajstić information content (AvgIpc) is 2.37. The quantitative estimate of drug-likeness (QED) is 0.433. The second-order valence-corrected chi connectivity index (χ2v) is 13.9. The van der Waals surface area contributed by atoms with Crippen molar-refractivity contribution < 1.29 is 18.0 Å². The third-order valence-corrected chi connectivity index (χ3v) is 10.5. The van der Waals surface area contributed by atoms with Gasteiger partial charge in [-0.25, -0.2) is 0 Å². The first kappa shape index (κ1) is 20.4. The molecule has 23 heavy (non-hydrogen) atoms. The van der Waals surface area contributed by atoms with Crippen LogP contribution in [0.4, 0.5) is 0 Å². The summed E-state index contributed by atoms with van der Waals surface area (Å²) in [5.74, 6) is 0.827. The Hall–Kier alpha value is -0.613. The number of rotatable bonds is 8. The molecule has 0 bridgehead atoms. The summed E-state index contributed by atoms with van der Waals surface area (Å²) in [5.41, 5.74) is 0.909. The van der Waals surface area contributed by atoms with Crippen LogP contribution in [0.1, 0.15) is 40.2 Å². The molecule has 0 radical (unpaired) electrons. The smallest absolute Gasteiger partial charge is 0.335 e. The molecule has 0 aromatic heterocycles. The van der Waals surface area contributed by atoms with Crippen LogP contribution in [0.3, 0.4) is 0 Å². The van der Waals surface area contributed by atoms with Gasteiger partial charge in [-0.15, -0.1) is 0 Å². The molecule has 4 nitrogen and oxygen atoms in total. The summed E-state index contributed by atoms with van der Waals surface area (Å²) in [6, 6.07) is 7.77. The predicted octanol–water partition coefficient (Wildman–Crippen LogP) is 5.84. The molecule has 0 heterocycles. The zero-order chi connectivity index (χ0) is 17.7. The standard InChI is InChI=1S/C17H31O4PSi/c1-8-19-22(18,20-9-2)14-15-11-10-12-16(13-15)21-23(6,7)17(3,4)5/h10-13H,8-9,14H2,1-7H3. The summed E-state index contributed by atoms with van der Waals surface area (Å²) in [6.45, 7) is 15.4. The van der Waals surface area contributed by atoms with Crippen LogP contribution in [0.5, 0.6) is 5.75 Å². The first-order valence-corrected chi connectivity index (χ1v) is 12.8. The van der Waals surface area contributed by atoms with E-state index in [9.17, 15) is 4.57 Å². The lowest BCUT2D eigenvalue weighted by Crippen LogP contribution is -2.43. The van der Waals surface area contributed by atoms with E-state index in [1.165, 1.54) is 0 Å². The fourth-order valence-corrected chi connectivity index (χ4v) is 4.61. The van der Waals surface area contributed by atoms with E-state index in [1.807, 2.05) is 38.1 Å². The Balaban J connectivity index is 2.95. The van der Waals surface area contributed by atoms with E-state index in [1.54, 1.807) is 0 Å². The average molecular weight is 358 g/mol. The summed E-state index contributed by atoms with van der Waals surface area (Å²) < 4.78 is 29.7. The first-order valence-electron chi connectivity index (χ1n) is 8.19. The second-order valence-electron chi connectivity index (χ2n) is 7.11. The fraction of sp³-hybridized carbons (Fsp3) is 0.647. The van der Waals surface area contributed by atoms with Gasteiger partial charge in [0.25, 0.3) is 0 Å². The lowest BCUT2D eigenvalue weighted by atomic mass is 10.2.